The van der Waals surface area contributed by atoms with Gasteiger partial charge in [-0.25, -0.2) is 0 Å². The highest BCUT2D eigenvalue weighted by molar-refractivity contribution is 5.93. The minimum Gasteiger partial charge on any atom is -0.457 e. The molecule has 1 aromatic heterocycles. The van der Waals surface area contributed by atoms with Gasteiger partial charge in [-0.1, -0.05) is 31.0 Å². The molecule has 2 aromatic carbocycles. The van der Waals surface area contributed by atoms with Crippen molar-refractivity contribution in [2.75, 3.05) is 5.32 Å². The number of hydrogen-bond acceptors (Lipinski definition) is 4. The van der Waals surface area contributed by atoms with Gasteiger partial charge in [0.25, 0.3) is 5.91 Å². The van der Waals surface area contributed by atoms with Crippen molar-refractivity contribution in [3.63, 3.8) is 0 Å². The third-order valence-corrected chi connectivity index (χ3v) is 4.80. The number of rotatable bonds is 6. The molecule has 0 radical (unpaired) electrons. The summed E-state index contributed by atoms with van der Waals surface area (Å²) in [6.45, 7) is 0. The zero-order valence-electron chi connectivity index (χ0n) is 15.6. The van der Waals surface area contributed by atoms with Gasteiger partial charge in [0.2, 0.25) is 0 Å². The van der Waals surface area contributed by atoms with Crippen molar-refractivity contribution in [1.29, 1.82) is 0 Å². The molecule has 4 rings (SSSR count). The molecule has 142 valence electrons. The second kappa shape index (κ2) is 8.57. The number of nitrogens with one attached hydrogen (secondary N) is 2. The Balaban J connectivity index is 1.39. The predicted molar refractivity (Wildman–Crippen MR) is 110 cm³/mol. The number of carbonyl (C=O) groups excluding carboxylic acids is 1. The lowest BCUT2D eigenvalue weighted by Crippen LogP contribution is -2.33. The molecule has 1 aliphatic carbocycles. The van der Waals surface area contributed by atoms with Gasteiger partial charge in [-0.05, 0) is 61.4 Å². The van der Waals surface area contributed by atoms with Crippen LogP contribution in [0.4, 0.5) is 11.4 Å². The Morgan fingerprint density at radius 1 is 0.893 bits per heavy atom. The number of aromatic nitrogens is 1. The average Bonchev–Trinajstić information content (AvgIpc) is 3.23. The van der Waals surface area contributed by atoms with Gasteiger partial charge in [-0.2, -0.15) is 0 Å². The van der Waals surface area contributed by atoms with Crippen LogP contribution in [-0.2, 0) is 0 Å². The van der Waals surface area contributed by atoms with Gasteiger partial charge >= 0.3 is 0 Å². The highest BCUT2D eigenvalue weighted by Gasteiger charge is 2.18. The monoisotopic (exact) mass is 373 g/mol. The Labute approximate surface area is 164 Å². The van der Waals surface area contributed by atoms with Crippen LogP contribution < -0.4 is 15.4 Å². The number of hydrogen-bond donors (Lipinski definition) is 2. The molecule has 0 spiro atoms. The standard InChI is InChI=1S/C23H23N3O2/c27-23(26-17-6-4-5-7-17)22-16-19(14-15-24-22)25-18-10-12-21(13-11-18)28-20-8-2-1-3-9-20/h1-3,8-17H,4-7H2,(H,24,25)(H,26,27). The lowest BCUT2D eigenvalue weighted by atomic mass is 10.2. The summed E-state index contributed by atoms with van der Waals surface area (Å²) in [5.41, 5.74) is 2.16. The van der Waals surface area contributed by atoms with E-state index in [0.717, 1.165) is 35.7 Å². The van der Waals surface area contributed by atoms with Crippen LogP contribution in [0.1, 0.15) is 36.2 Å². The first-order valence-corrected chi connectivity index (χ1v) is 9.63. The molecule has 1 aliphatic rings. The van der Waals surface area contributed by atoms with Crippen LogP contribution in [0, 0.1) is 0 Å². The summed E-state index contributed by atoms with van der Waals surface area (Å²) >= 11 is 0. The number of benzene rings is 2. The molecule has 0 saturated heterocycles. The van der Waals surface area contributed by atoms with E-state index in [1.54, 1.807) is 12.3 Å². The van der Waals surface area contributed by atoms with Crippen molar-refractivity contribution < 1.29 is 9.53 Å². The number of nitrogens with zero attached hydrogens (tertiary/aromatic N) is 1. The maximum absolute atomic E-state index is 12.4. The molecule has 1 saturated carbocycles. The van der Waals surface area contributed by atoms with Crippen molar-refractivity contribution in [2.24, 2.45) is 0 Å². The van der Waals surface area contributed by atoms with Crippen molar-refractivity contribution >= 4 is 17.3 Å². The summed E-state index contributed by atoms with van der Waals surface area (Å²) in [5, 5.41) is 6.38. The number of anilines is 2. The van der Waals surface area contributed by atoms with E-state index in [1.807, 2.05) is 60.7 Å². The molecule has 0 bridgehead atoms. The van der Waals surface area contributed by atoms with E-state index in [1.165, 1.54) is 12.8 Å². The lowest BCUT2D eigenvalue weighted by molar-refractivity contribution is 0.0933. The van der Waals surface area contributed by atoms with E-state index in [0.29, 0.717) is 5.69 Å². The zero-order valence-corrected chi connectivity index (χ0v) is 15.6. The first-order valence-electron chi connectivity index (χ1n) is 9.63. The van der Waals surface area contributed by atoms with Gasteiger partial charge < -0.3 is 15.4 Å². The number of carbonyl (C=O) groups is 1. The fourth-order valence-corrected chi connectivity index (χ4v) is 3.36. The van der Waals surface area contributed by atoms with Crippen LogP contribution in [-0.4, -0.2) is 16.9 Å². The van der Waals surface area contributed by atoms with E-state index >= 15 is 0 Å². The Bertz CT molecular complexity index is 920. The fraction of sp³-hybridized carbons (Fsp3) is 0.217. The SMILES string of the molecule is O=C(NC1CCCC1)c1cc(Nc2ccc(Oc3ccccc3)cc2)ccn1. The largest absolute Gasteiger partial charge is 0.457 e. The van der Waals surface area contributed by atoms with Gasteiger partial charge in [0.05, 0.1) is 0 Å². The minimum atomic E-state index is -0.109. The summed E-state index contributed by atoms with van der Waals surface area (Å²) in [7, 11) is 0. The second-order valence-electron chi connectivity index (χ2n) is 6.95. The van der Waals surface area contributed by atoms with E-state index in [4.69, 9.17) is 4.74 Å². The molecule has 28 heavy (non-hydrogen) atoms. The predicted octanol–water partition coefficient (Wildman–Crippen LogP) is 5.29. The van der Waals surface area contributed by atoms with Crippen LogP contribution >= 0.6 is 0 Å². The molecule has 1 fully saturated rings. The maximum atomic E-state index is 12.4. The van der Waals surface area contributed by atoms with Crippen LogP contribution in [0.5, 0.6) is 11.5 Å². The van der Waals surface area contributed by atoms with E-state index in [-0.39, 0.29) is 11.9 Å². The molecular weight excluding hydrogens is 350 g/mol. The van der Waals surface area contributed by atoms with E-state index in [9.17, 15) is 4.79 Å². The first kappa shape index (κ1) is 18.0. The normalized spacial score (nSPS) is 13.9. The Hall–Kier alpha value is -3.34. The molecule has 1 amide bonds. The molecule has 5 heteroatoms. The quantitative estimate of drug-likeness (QED) is 0.616. The highest BCUT2D eigenvalue weighted by atomic mass is 16.5. The summed E-state index contributed by atoms with van der Waals surface area (Å²) < 4.78 is 5.81. The summed E-state index contributed by atoms with van der Waals surface area (Å²) in [5.74, 6) is 1.46. The lowest BCUT2D eigenvalue weighted by Gasteiger charge is -2.12. The Kier molecular flexibility index (Phi) is 5.52. The molecule has 0 aliphatic heterocycles. The number of pyridine rings is 1. The van der Waals surface area contributed by atoms with Crippen LogP contribution in [0.15, 0.2) is 72.9 Å². The summed E-state index contributed by atoms with van der Waals surface area (Å²) in [6, 6.07) is 21.3. The van der Waals surface area contributed by atoms with Crippen LogP contribution in [0.25, 0.3) is 0 Å². The summed E-state index contributed by atoms with van der Waals surface area (Å²) in [6.07, 6.45) is 6.13. The molecule has 0 atom stereocenters. The highest BCUT2D eigenvalue weighted by Crippen LogP contribution is 2.24. The van der Waals surface area contributed by atoms with Crippen LogP contribution in [0.2, 0.25) is 0 Å². The third-order valence-electron chi connectivity index (χ3n) is 4.80. The van der Waals surface area contributed by atoms with Gasteiger partial charge in [0.15, 0.2) is 0 Å². The molecule has 1 heterocycles. The Morgan fingerprint density at radius 2 is 1.61 bits per heavy atom. The molecule has 2 N–H and O–H groups in total. The van der Waals surface area contributed by atoms with Gasteiger partial charge in [0, 0.05) is 23.6 Å². The topological polar surface area (TPSA) is 63.2 Å². The Morgan fingerprint density at radius 3 is 2.36 bits per heavy atom. The van der Waals surface area contributed by atoms with Crippen molar-refractivity contribution in [3.8, 4) is 11.5 Å². The maximum Gasteiger partial charge on any atom is 0.270 e. The van der Waals surface area contributed by atoms with Crippen molar-refractivity contribution in [2.45, 2.75) is 31.7 Å². The molecule has 5 nitrogen and oxygen atoms in total. The first-order chi connectivity index (χ1) is 13.8. The van der Waals surface area contributed by atoms with Crippen molar-refractivity contribution in [1.82, 2.24) is 10.3 Å². The van der Waals surface area contributed by atoms with E-state index in [2.05, 4.69) is 15.6 Å². The molecular formula is C23H23N3O2. The fourth-order valence-electron chi connectivity index (χ4n) is 3.36. The number of ether oxygens (including phenoxy) is 1. The van der Waals surface area contributed by atoms with Gasteiger partial charge in [-0.3, -0.25) is 9.78 Å². The number of amides is 1. The van der Waals surface area contributed by atoms with Gasteiger partial charge in [-0.15, -0.1) is 0 Å². The zero-order chi connectivity index (χ0) is 19.2. The third kappa shape index (κ3) is 4.68. The second-order valence-corrected chi connectivity index (χ2v) is 6.95. The van der Waals surface area contributed by atoms with E-state index < -0.39 is 0 Å². The molecule has 3 aromatic rings. The minimum absolute atomic E-state index is 0.109. The van der Waals surface area contributed by atoms with Crippen molar-refractivity contribution in [3.05, 3.63) is 78.6 Å². The summed E-state index contributed by atoms with van der Waals surface area (Å²) in [4.78, 5) is 16.6. The molecule has 0 unspecified atom stereocenters. The number of para-hydroxylation sites is 1. The smallest absolute Gasteiger partial charge is 0.270 e. The average molecular weight is 373 g/mol. The van der Waals surface area contributed by atoms with Gasteiger partial charge in [0.1, 0.15) is 17.2 Å². The van der Waals surface area contributed by atoms with Crippen LogP contribution in [0.3, 0.4) is 0 Å².